The van der Waals surface area contributed by atoms with Gasteiger partial charge in [-0.1, -0.05) is 84.9 Å². The van der Waals surface area contributed by atoms with Gasteiger partial charge in [-0.15, -0.1) is 0 Å². The highest BCUT2D eigenvalue weighted by molar-refractivity contribution is 6.11. The van der Waals surface area contributed by atoms with Crippen molar-refractivity contribution in [2.24, 2.45) is 0 Å². The van der Waals surface area contributed by atoms with E-state index in [1.54, 1.807) is 84.9 Å². The molecule has 0 fully saturated rings. The molecule has 32 heavy (non-hydrogen) atoms. The van der Waals surface area contributed by atoms with Gasteiger partial charge in [0.25, 0.3) is 0 Å². The molecule has 4 aromatic rings. The molecule has 0 bridgehead atoms. The second-order valence-electron chi connectivity index (χ2n) is 6.84. The van der Waals surface area contributed by atoms with Crippen molar-refractivity contribution in [2.75, 3.05) is 0 Å². The molecule has 0 N–H and O–H groups in total. The number of para-hydroxylation sites is 2. The van der Waals surface area contributed by atoms with Crippen molar-refractivity contribution in [3.05, 3.63) is 131 Å². The molecule has 0 radical (unpaired) electrons. The van der Waals surface area contributed by atoms with Gasteiger partial charge in [-0.05, 0) is 24.3 Å². The lowest BCUT2D eigenvalue weighted by molar-refractivity contribution is 0.103. The van der Waals surface area contributed by atoms with Crippen LogP contribution in [0.5, 0.6) is 11.5 Å². The SMILES string of the molecule is O=C(Oc1ccccc1C(=O)c1ccccc1)Oc1ccccc1C(=O)c1ccccc1. The van der Waals surface area contributed by atoms with Crippen LogP contribution in [0, 0.1) is 0 Å². The summed E-state index contributed by atoms with van der Waals surface area (Å²) in [6.07, 6.45) is -1.05. The molecule has 0 aliphatic heterocycles. The van der Waals surface area contributed by atoms with Crippen molar-refractivity contribution in [2.45, 2.75) is 0 Å². The van der Waals surface area contributed by atoms with Gasteiger partial charge in [-0.2, -0.15) is 0 Å². The summed E-state index contributed by atoms with van der Waals surface area (Å²) in [4.78, 5) is 38.2. The Labute approximate surface area is 184 Å². The van der Waals surface area contributed by atoms with Crippen molar-refractivity contribution in [1.82, 2.24) is 0 Å². The molecule has 4 aromatic carbocycles. The zero-order valence-electron chi connectivity index (χ0n) is 16.9. The van der Waals surface area contributed by atoms with Gasteiger partial charge in [0.15, 0.2) is 11.6 Å². The quantitative estimate of drug-likeness (QED) is 0.226. The standard InChI is InChI=1S/C27H18O5/c28-25(19-11-3-1-4-12-19)21-15-7-9-17-23(21)31-27(30)32-24-18-10-8-16-22(24)26(29)20-13-5-2-6-14-20/h1-18H. The number of benzene rings is 4. The number of carbonyl (C=O) groups is 3. The predicted octanol–water partition coefficient (Wildman–Crippen LogP) is 5.73. The monoisotopic (exact) mass is 422 g/mol. The van der Waals surface area contributed by atoms with Crippen LogP contribution < -0.4 is 9.47 Å². The van der Waals surface area contributed by atoms with E-state index in [1.165, 1.54) is 12.1 Å². The topological polar surface area (TPSA) is 69.7 Å². The van der Waals surface area contributed by atoms with Gasteiger partial charge in [-0.3, -0.25) is 9.59 Å². The molecule has 156 valence electrons. The summed E-state index contributed by atoms with van der Waals surface area (Å²) in [5.74, 6) is -0.432. The van der Waals surface area contributed by atoms with E-state index in [9.17, 15) is 14.4 Å². The van der Waals surface area contributed by atoms with Gasteiger partial charge in [-0.25, -0.2) is 4.79 Å². The van der Waals surface area contributed by atoms with E-state index in [-0.39, 0.29) is 34.2 Å². The zero-order chi connectivity index (χ0) is 22.3. The highest BCUT2D eigenvalue weighted by Crippen LogP contribution is 2.25. The fraction of sp³-hybridized carbons (Fsp3) is 0. The average Bonchev–Trinajstić information content (AvgIpc) is 2.85. The molecule has 0 aliphatic carbocycles. The Morgan fingerprint density at radius 1 is 0.438 bits per heavy atom. The number of rotatable bonds is 6. The summed E-state index contributed by atoms with van der Waals surface area (Å²) in [7, 11) is 0. The highest BCUT2D eigenvalue weighted by Gasteiger charge is 2.20. The third-order valence-corrected chi connectivity index (χ3v) is 4.72. The number of hydrogen-bond acceptors (Lipinski definition) is 5. The largest absolute Gasteiger partial charge is 0.519 e. The summed E-state index contributed by atoms with van der Waals surface area (Å²) in [6, 6.07) is 30.2. The van der Waals surface area contributed by atoms with E-state index in [0.717, 1.165) is 0 Å². The molecule has 4 rings (SSSR count). The fourth-order valence-corrected chi connectivity index (χ4v) is 3.18. The third kappa shape index (κ3) is 4.63. The maximum atomic E-state index is 12.8. The molecule has 0 aliphatic rings. The first-order valence-corrected chi connectivity index (χ1v) is 9.90. The van der Waals surface area contributed by atoms with Crippen LogP contribution in [0.25, 0.3) is 0 Å². The molecule has 0 heterocycles. The van der Waals surface area contributed by atoms with Crippen LogP contribution in [0.4, 0.5) is 4.79 Å². The van der Waals surface area contributed by atoms with Crippen molar-refractivity contribution in [3.63, 3.8) is 0 Å². The maximum Gasteiger partial charge on any atom is 0.519 e. The molecule has 5 nitrogen and oxygen atoms in total. The number of ketones is 2. The van der Waals surface area contributed by atoms with Crippen LogP contribution in [-0.2, 0) is 0 Å². The summed E-state index contributed by atoms with van der Waals surface area (Å²) < 4.78 is 10.7. The molecule has 0 aromatic heterocycles. The zero-order valence-corrected chi connectivity index (χ0v) is 16.9. The Morgan fingerprint density at radius 3 is 1.19 bits per heavy atom. The Kier molecular flexibility index (Phi) is 6.18. The Hall–Kier alpha value is -4.51. The van der Waals surface area contributed by atoms with Gasteiger partial charge in [0, 0.05) is 11.1 Å². The Balaban J connectivity index is 1.55. The van der Waals surface area contributed by atoms with Crippen LogP contribution in [0.1, 0.15) is 31.8 Å². The number of hydrogen-bond donors (Lipinski definition) is 0. The lowest BCUT2D eigenvalue weighted by Crippen LogP contribution is -2.17. The Bertz CT molecular complexity index is 1160. The minimum Gasteiger partial charge on any atom is -0.394 e. The molecule has 0 saturated carbocycles. The summed E-state index contributed by atoms with van der Waals surface area (Å²) in [5, 5.41) is 0. The van der Waals surface area contributed by atoms with Gasteiger partial charge < -0.3 is 9.47 Å². The molecule has 0 saturated heterocycles. The van der Waals surface area contributed by atoms with E-state index in [2.05, 4.69) is 0 Å². The molecule has 0 atom stereocenters. The van der Waals surface area contributed by atoms with Crippen molar-refractivity contribution in [1.29, 1.82) is 0 Å². The lowest BCUT2D eigenvalue weighted by atomic mass is 10.0. The van der Waals surface area contributed by atoms with Gasteiger partial charge in [0.2, 0.25) is 0 Å². The third-order valence-electron chi connectivity index (χ3n) is 4.72. The van der Waals surface area contributed by atoms with Crippen molar-refractivity contribution < 1.29 is 23.9 Å². The first-order chi connectivity index (χ1) is 15.6. The molecular formula is C27H18O5. The minimum atomic E-state index is -1.05. The summed E-state index contributed by atoms with van der Waals surface area (Å²) in [5.41, 5.74) is 1.39. The van der Waals surface area contributed by atoms with E-state index >= 15 is 0 Å². The van der Waals surface area contributed by atoms with Crippen LogP contribution in [-0.4, -0.2) is 17.7 Å². The maximum absolute atomic E-state index is 12.8. The second-order valence-corrected chi connectivity index (χ2v) is 6.84. The molecule has 0 amide bonds. The Morgan fingerprint density at radius 2 is 0.781 bits per heavy atom. The smallest absolute Gasteiger partial charge is 0.394 e. The molecule has 0 spiro atoms. The average molecular weight is 422 g/mol. The lowest BCUT2D eigenvalue weighted by Gasteiger charge is -2.11. The van der Waals surface area contributed by atoms with E-state index in [4.69, 9.17) is 9.47 Å². The van der Waals surface area contributed by atoms with Crippen molar-refractivity contribution in [3.8, 4) is 11.5 Å². The minimum absolute atomic E-state index is 0.0678. The van der Waals surface area contributed by atoms with Crippen LogP contribution in [0.2, 0.25) is 0 Å². The van der Waals surface area contributed by atoms with Gasteiger partial charge in [0.05, 0.1) is 11.1 Å². The van der Waals surface area contributed by atoms with E-state index in [0.29, 0.717) is 11.1 Å². The first-order valence-electron chi connectivity index (χ1n) is 9.90. The first kappa shape index (κ1) is 20.8. The van der Waals surface area contributed by atoms with Crippen LogP contribution in [0.3, 0.4) is 0 Å². The second kappa shape index (κ2) is 9.53. The molecule has 0 unspecified atom stereocenters. The summed E-state index contributed by atoms with van der Waals surface area (Å²) in [6.45, 7) is 0. The van der Waals surface area contributed by atoms with Crippen LogP contribution >= 0.6 is 0 Å². The molecular weight excluding hydrogens is 404 g/mol. The van der Waals surface area contributed by atoms with Gasteiger partial charge in [0.1, 0.15) is 11.5 Å². The summed E-state index contributed by atoms with van der Waals surface area (Å²) >= 11 is 0. The highest BCUT2D eigenvalue weighted by atomic mass is 16.7. The molecule has 5 heteroatoms. The van der Waals surface area contributed by atoms with Crippen molar-refractivity contribution >= 4 is 17.7 Å². The van der Waals surface area contributed by atoms with Crippen LogP contribution in [0.15, 0.2) is 109 Å². The number of ether oxygens (including phenoxy) is 2. The number of carbonyl (C=O) groups excluding carboxylic acids is 3. The fourth-order valence-electron chi connectivity index (χ4n) is 3.18. The van der Waals surface area contributed by atoms with E-state index in [1.807, 2.05) is 12.1 Å². The van der Waals surface area contributed by atoms with E-state index < -0.39 is 6.16 Å². The predicted molar refractivity (Wildman–Crippen MR) is 119 cm³/mol. The normalized spacial score (nSPS) is 10.2. The van der Waals surface area contributed by atoms with Gasteiger partial charge >= 0.3 is 6.16 Å².